The number of nitrogens with one attached hydrogen (secondary N) is 1. The van der Waals surface area contributed by atoms with Crippen LogP contribution >= 0.6 is 0 Å². The number of hydrogen-bond acceptors (Lipinski definition) is 5. The molecule has 2 aromatic carbocycles. The zero-order chi connectivity index (χ0) is 24.9. The minimum atomic E-state index is -4.58. The standard InChI is InChI=1S/C25H25F3N4O3/c26-25(27,28)20-15-21(31-30-20)29-22(33)16-24(19-9-5-2-6-10-19)11-13-32(14-12-24)23(34)35-17-18-7-3-1-4-8-18/h1-10H,11-17H2,(H,29,31,33). The fraction of sp³-hybridized carbons (Fsp3) is 0.360. The number of carbonyl (C=O) groups is 2. The molecule has 10 heteroatoms. The van der Waals surface area contributed by atoms with Gasteiger partial charge >= 0.3 is 12.3 Å². The topological polar surface area (TPSA) is 83.4 Å². The summed E-state index contributed by atoms with van der Waals surface area (Å²) in [6, 6.07) is 18.9. The van der Waals surface area contributed by atoms with Gasteiger partial charge in [0.2, 0.25) is 5.91 Å². The molecule has 2 heterocycles. The van der Waals surface area contributed by atoms with Crippen LogP contribution in [0.3, 0.4) is 0 Å². The molecule has 4 rings (SSSR count). The summed E-state index contributed by atoms with van der Waals surface area (Å²) in [4.78, 5) is 27.1. The highest BCUT2D eigenvalue weighted by Gasteiger charge is 2.41. The predicted octanol–water partition coefficient (Wildman–Crippen LogP) is 4.58. The number of amides is 2. The van der Waals surface area contributed by atoms with Gasteiger partial charge in [-0.1, -0.05) is 60.7 Å². The molecule has 0 bridgehead atoms. The van der Waals surface area contributed by atoms with Gasteiger partial charge in [0.15, 0.2) is 5.71 Å². The Hall–Kier alpha value is -3.69. The lowest BCUT2D eigenvalue weighted by Crippen LogP contribution is -2.47. The smallest absolute Gasteiger partial charge is 0.431 e. The summed E-state index contributed by atoms with van der Waals surface area (Å²) in [5, 5.41) is 9.10. The second-order valence-electron chi connectivity index (χ2n) is 8.67. The third kappa shape index (κ3) is 6.06. The van der Waals surface area contributed by atoms with Crippen LogP contribution in [0.2, 0.25) is 0 Å². The lowest BCUT2D eigenvalue weighted by molar-refractivity contribution is -0.121. The number of halogens is 3. The van der Waals surface area contributed by atoms with E-state index in [4.69, 9.17) is 4.74 Å². The third-order valence-corrected chi connectivity index (χ3v) is 6.31. The zero-order valence-electron chi connectivity index (χ0n) is 18.9. The molecule has 0 aromatic heterocycles. The van der Waals surface area contributed by atoms with Crippen LogP contribution in [0.15, 0.2) is 70.9 Å². The Morgan fingerprint density at radius 1 is 0.971 bits per heavy atom. The monoisotopic (exact) mass is 486 g/mol. The number of likely N-dealkylation sites (tertiary alicyclic amines) is 1. The molecule has 0 unspecified atom stereocenters. The average Bonchev–Trinajstić information content (AvgIpc) is 3.33. The van der Waals surface area contributed by atoms with Crippen molar-refractivity contribution < 1.29 is 27.5 Å². The van der Waals surface area contributed by atoms with E-state index in [-0.39, 0.29) is 18.9 Å². The summed E-state index contributed by atoms with van der Waals surface area (Å²) >= 11 is 0. The van der Waals surface area contributed by atoms with Gasteiger partial charge in [-0.15, -0.1) is 10.2 Å². The number of alkyl halides is 3. The number of carbonyl (C=O) groups excluding carboxylic acids is 2. The first-order valence-electron chi connectivity index (χ1n) is 11.3. The van der Waals surface area contributed by atoms with E-state index in [2.05, 4.69) is 15.5 Å². The van der Waals surface area contributed by atoms with Crippen LogP contribution in [0.5, 0.6) is 0 Å². The van der Waals surface area contributed by atoms with E-state index in [0.717, 1.165) is 11.1 Å². The molecule has 7 nitrogen and oxygen atoms in total. The molecule has 1 fully saturated rings. The van der Waals surface area contributed by atoms with Crippen LogP contribution in [0.4, 0.5) is 18.0 Å². The number of benzene rings is 2. The maximum atomic E-state index is 12.8. The highest BCUT2D eigenvalue weighted by Crippen LogP contribution is 2.39. The van der Waals surface area contributed by atoms with Crippen LogP contribution in [0.25, 0.3) is 0 Å². The number of amidine groups is 1. The van der Waals surface area contributed by atoms with Crippen molar-refractivity contribution >= 4 is 23.5 Å². The van der Waals surface area contributed by atoms with Crippen molar-refractivity contribution in [1.29, 1.82) is 0 Å². The predicted molar refractivity (Wildman–Crippen MR) is 124 cm³/mol. The number of piperidine rings is 1. The zero-order valence-corrected chi connectivity index (χ0v) is 18.9. The highest BCUT2D eigenvalue weighted by molar-refractivity contribution is 6.13. The fourth-order valence-corrected chi connectivity index (χ4v) is 4.38. The minimum Gasteiger partial charge on any atom is -0.445 e. The van der Waals surface area contributed by atoms with Crippen molar-refractivity contribution in [3.05, 3.63) is 71.8 Å². The SMILES string of the molecule is O=C(CC1(c2ccccc2)CCN(C(=O)OCc2ccccc2)CC1)NC1=NN=C(C(F)(F)F)C1. The Balaban J connectivity index is 1.38. The number of hydrogen-bond donors (Lipinski definition) is 1. The summed E-state index contributed by atoms with van der Waals surface area (Å²) in [6.45, 7) is 0.947. The minimum absolute atomic E-state index is 0.0459. The number of ether oxygens (including phenoxy) is 1. The van der Waals surface area contributed by atoms with Crippen LogP contribution in [0.1, 0.15) is 36.8 Å². The molecule has 184 valence electrons. The van der Waals surface area contributed by atoms with E-state index in [0.29, 0.717) is 25.9 Å². The second kappa shape index (κ2) is 10.3. The summed E-state index contributed by atoms with van der Waals surface area (Å²) < 4.78 is 43.9. The maximum Gasteiger partial charge on any atom is 0.431 e. The van der Waals surface area contributed by atoms with Crippen molar-refractivity contribution in [2.45, 2.75) is 43.9 Å². The van der Waals surface area contributed by atoms with Gasteiger partial charge in [0.1, 0.15) is 12.4 Å². The van der Waals surface area contributed by atoms with Gasteiger partial charge in [-0.05, 0) is 24.0 Å². The van der Waals surface area contributed by atoms with Gasteiger partial charge in [-0.3, -0.25) is 4.79 Å². The van der Waals surface area contributed by atoms with E-state index in [9.17, 15) is 22.8 Å². The Kier molecular flexibility index (Phi) is 7.18. The Morgan fingerprint density at radius 3 is 2.20 bits per heavy atom. The van der Waals surface area contributed by atoms with Crippen molar-refractivity contribution in [3.63, 3.8) is 0 Å². The molecule has 2 aromatic rings. The molecule has 2 aliphatic rings. The molecule has 2 aliphatic heterocycles. The largest absolute Gasteiger partial charge is 0.445 e. The normalized spacial score (nSPS) is 17.4. The number of nitrogens with zero attached hydrogens (tertiary/aromatic N) is 3. The van der Waals surface area contributed by atoms with Gasteiger partial charge < -0.3 is 15.0 Å². The molecule has 0 saturated carbocycles. The van der Waals surface area contributed by atoms with E-state index >= 15 is 0 Å². The third-order valence-electron chi connectivity index (χ3n) is 6.31. The van der Waals surface area contributed by atoms with Crippen molar-refractivity contribution in [2.75, 3.05) is 13.1 Å². The van der Waals surface area contributed by atoms with Gasteiger partial charge in [0.05, 0.1) is 6.42 Å². The number of rotatable bonds is 5. The van der Waals surface area contributed by atoms with Gasteiger partial charge in [-0.2, -0.15) is 13.2 Å². The van der Waals surface area contributed by atoms with Gasteiger partial charge in [0, 0.05) is 24.9 Å². The summed E-state index contributed by atoms with van der Waals surface area (Å²) in [5.74, 6) is -0.557. The van der Waals surface area contributed by atoms with Crippen molar-refractivity contribution in [3.8, 4) is 0 Å². The first-order chi connectivity index (χ1) is 16.7. The second-order valence-corrected chi connectivity index (χ2v) is 8.67. The molecule has 0 atom stereocenters. The van der Waals surface area contributed by atoms with E-state index in [1.807, 2.05) is 60.7 Å². The van der Waals surface area contributed by atoms with Crippen molar-refractivity contribution in [1.82, 2.24) is 10.2 Å². The molecule has 2 amide bonds. The quantitative estimate of drug-likeness (QED) is 0.672. The maximum absolute atomic E-state index is 12.8. The Morgan fingerprint density at radius 2 is 1.60 bits per heavy atom. The molecule has 0 radical (unpaired) electrons. The Bertz CT molecular complexity index is 1110. The first kappa shape index (κ1) is 24.4. The van der Waals surface area contributed by atoms with Crippen LogP contribution in [-0.2, 0) is 21.6 Å². The molecule has 1 saturated heterocycles. The molecular weight excluding hydrogens is 461 g/mol. The summed E-state index contributed by atoms with van der Waals surface area (Å²) in [7, 11) is 0. The van der Waals surface area contributed by atoms with Crippen LogP contribution < -0.4 is 5.32 Å². The highest BCUT2D eigenvalue weighted by atomic mass is 19.4. The summed E-state index contributed by atoms with van der Waals surface area (Å²) in [6.07, 6.45) is -4.51. The van der Waals surface area contributed by atoms with E-state index < -0.39 is 35.7 Å². The van der Waals surface area contributed by atoms with Gasteiger partial charge in [-0.25, -0.2) is 4.79 Å². The molecule has 35 heavy (non-hydrogen) atoms. The first-order valence-corrected chi connectivity index (χ1v) is 11.3. The molecule has 0 spiro atoms. The average molecular weight is 486 g/mol. The van der Waals surface area contributed by atoms with Crippen LogP contribution in [0, 0.1) is 0 Å². The van der Waals surface area contributed by atoms with E-state index in [1.54, 1.807) is 4.90 Å². The summed E-state index contributed by atoms with van der Waals surface area (Å²) in [5.41, 5.74) is 0.218. The van der Waals surface area contributed by atoms with Crippen LogP contribution in [-0.4, -0.2) is 47.7 Å². The van der Waals surface area contributed by atoms with E-state index in [1.165, 1.54) is 0 Å². The Labute approximate surface area is 200 Å². The molecule has 1 N–H and O–H groups in total. The van der Waals surface area contributed by atoms with Gasteiger partial charge in [0.25, 0.3) is 0 Å². The lowest BCUT2D eigenvalue weighted by Gasteiger charge is -2.41. The lowest BCUT2D eigenvalue weighted by atomic mass is 9.70. The van der Waals surface area contributed by atoms with Crippen molar-refractivity contribution in [2.24, 2.45) is 10.2 Å². The fourth-order valence-electron chi connectivity index (χ4n) is 4.38. The molecule has 0 aliphatic carbocycles. The molecular formula is C25H25F3N4O3.